The lowest BCUT2D eigenvalue weighted by Crippen LogP contribution is -2.42. The minimum atomic E-state index is -0.230. The van der Waals surface area contributed by atoms with Crippen molar-refractivity contribution >= 4 is 23.5 Å². The van der Waals surface area contributed by atoms with Gasteiger partial charge in [-0.25, -0.2) is 4.98 Å². The number of nitrogen functional groups attached to an aromatic ring is 1. The van der Waals surface area contributed by atoms with E-state index in [2.05, 4.69) is 11.6 Å². The monoisotopic (exact) mass is 333 g/mol. The Kier molecular flexibility index (Phi) is 4.36. The topological polar surface area (TPSA) is 81.6 Å². The van der Waals surface area contributed by atoms with Crippen LogP contribution in [0.1, 0.15) is 11.6 Å². The molecule has 2 aromatic rings. The molecule has 3 rings (SSSR count). The first-order chi connectivity index (χ1) is 11.1. The summed E-state index contributed by atoms with van der Waals surface area (Å²) in [4.78, 5) is 17.7. The number of anilines is 1. The lowest BCUT2D eigenvalue weighted by Gasteiger charge is -2.35. The van der Waals surface area contributed by atoms with Crippen molar-refractivity contribution in [2.24, 2.45) is 0 Å². The molecule has 1 aromatic carbocycles. The van der Waals surface area contributed by atoms with Gasteiger partial charge in [0.15, 0.2) is 5.76 Å². The van der Waals surface area contributed by atoms with Gasteiger partial charge in [0.25, 0.3) is 6.01 Å². The number of carbonyl (C=O) groups is 1. The summed E-state index contributed by atoms with van der Waals surface area (Å²) in [6.45, 7) is 4.96. The van der Waals surface area contributed by atoms with Gasteiger partial charge in [-0.15, -0.1) is 0 Å². The van der Waals surface area contributed by atoms with E-state index in [9.17, 15) is 4.79 Å². The molecular weight excluding hydrogens is 318 g/mol. The van der Waals surface area contributed by atoms with Gasteiger partial charge in [0.2, 0.25) is 5.91 Å². The zero-order valence-corrected chi connectivity index (χ0v) is 13.1. The second-order valence-corrected chi connectivity index (χ2v) is 5.60. The smallest absolute Gasteiger partial charge is 0.292 e. The lowest BCUT2D eigenvalue weighted by atomic mass is 10.0. The summed E-state index contributed by atoms with van der Waals surface area (Å²) in [6, 6.07) is 5.33. The number of halogens is 1. The minimum Gasteiger partial charge on any atom is -0.424 e. The molecule has 0 unspecified atom stereocenters. The van der Waals surface area contributed by atoms with Gasteiger partial charge in [-0.3, -0.25) is 4.79 Å². The number of ether oxygens (including phenoxy) is 1. The first-order valence-corrected chi connectivity index (χ1v) is 7.49. The number of amides is 1. The van der Waals surface area contributed by atoms with Crippen LogP contribution in [-0.2, 0) is 9.53 Å². The highest BCUT2D eigenvalue weighted by Gasteiger charge is 2.28. The van der Waals surface area contributed by atoms with Gasteiger partial charge in [-0.05, 0) is 29.8 Å². The molecule has 0 saturated carbocycles. The van der Waals surface area contributed by atoms with Crippen molar-refractivity contribution in [3.05, 3.63) is 47.6 Å². The van der Waals surface area contributed by atoms with E-state index >= 15 is 0 Å². The molecule has 1 aliphatic rings. The number of carbonyl (C=O) groups excluding carboxylic acids is 1. The molecule has 1 fully saturated rings. The number of morpholine rings is 1. The highest BCUT2D eigenvalue weighted by molar-refractivity contribution is 6.31. The average Bonchev–Trinajstić information content (AvgIpc) is 3.00. The molecule has 1 amide bonds. The third kappa shape index (κ3) is 3.23. The predicted molar refractivity (Wildman–Crippen MR) is 86.8 cm³/mol. The van der Waals surface area contributed by atoms with E-state index in [0.717, 1.165) is 11.1 Å². The fourth-order valence-corrected chi connectivity index (χ4v) is 2.87. The van der Waals surface area contributed by atoms with Crippen molar-refractivity contribution in [2.45, 2.75) is 6.04 Å². The van der Waals surface area contributed by atoms with Crippen molar-refractivity contribution in [2.75, 3.05) is 25.5 Å². The molecule has 1 saturated heterocycles. The highest BCUT2D eigenvalue weighted by atomic mass is 35.5. The van der Waals surface area contributed by atoms with Crippen LogP contribution in [-0.4, -0.2) is 35.5 Å². The normalized spacial score (nSPS) is 18.0. The van der Waals surface area contributed by atoms with Crippen molar-refractivity contribution in [1.29, 1.82) is 0 Å². The fraction of sp³-hybridized carbons (Fsp3) is 0.250. The molecule has 1 aliphatic heterocycles. The molecule has 120 valence electrons. The lowest BCUT2D eigenvalue weighted by molar-refractivity contribution is -0.134. The van der Waals surface area contributed by atoms with Gasteiger partial charge in [0.1, 0.15) is 0 Å². The highest BCUT2D eigenvalue weighted by Crippen LogP contribution is 2.32. The quantitative estimate of drug-likeness (QED) is 0.873. The van der Waals surface area contributed by atoms with Crippen LogP contribution < -0.4 is 5.73 Å². The van der Waals surface area contributed by atoms with Crippen LogP contribution in [0.5, 0.6) is 0 Å². The second-order valence-electron chi connectivity index (χ2n) is 5.16. The third-order valence-corrected chi connectivity index (χ3v) is 3.92. The Bertz CT molecular complexity index is 744. The van der Waals surface area contributed by atoms with Gasteiger partial charge < -0.3 is 19.8 Å². The van der Waals surface area contributed by atoms with E-state index in [1.165, 1.54) is 12.3 Å². The Balaban J connectivity index is 1.99. The molecule has 2 heterocycles. The predicted octanol–water partition coefficient (Wildman–Crippen LogP) is 2.66. The van der Waals surface area contributed by atoms with E-state index in [1.54, 1.807) is 11.0 Å². The molecule has 0 spiro atoms. The zero-order chi connectivity index (χ0) is 16.4. The summed E-state index contributed by atoms with van der Waals surface area (Å²) in [6.07, 6.45) is 2.84. The first kappa shape index (κ1) is 15.6. The third-order valence-electron chi connectivity index (χ3n) is 3.70. The summed E-state index contributed by atoms with van der Waals surface area (Å²) < 4.78 is 10.9. The fourth-order valence-electron chi connectivity index (χ4n) is 2.63. The van der Waals surface area contributed by atoms with Crippen LogP contribution in [0.3, 0.4) is 0 Å². The van der Waals surface area contributed by atoms with E-state index in [-0.39, 0.29) is 18.0 Å². The Hall–Kier alpha value is -2.31. The Morgan fingerprint density at radius 2 is 2.30 bits per heavy atom. The van der Waals surface area contributed by atoms with E-state index < -0.39 is 0 Å². The maximum Gasteiger partial charge on any atom is 0.292 e. The molecule has 23 heavy (non-hydrogen) atoms. The van der Waals surface area contributed by atoms with E-state index in [0.29, 0.717) is 30.5 Å². The van der Waals surface area contributed by atoms with Crippen molar-refractivity contribution in [3.8, 4) is 11.3 Å². The van der Waals surface area contributed by atoms with E-state index in [1.807, 2.05) is 12.1 Å². The number of oxazole rings is 1. The SMILES string of the molecule is C=CC(=O)N1CCOC[C@H]1c1cc(Cl)cc(-c2cnc(N)o2)c1. The zero-order valence-electron chi connectivity index (χ0n) is 12.4. The second kappa shape index (κ2) is 6.44. The van der Waals surface area contributed by atoms with Gasteiger partial charge >= 0.3 is 0 Å². The number of nitrogens with zero attached hydrogens (tertiary/aromatic N) is 2. The molecule has 2 N–H and O–H groups in total. The Morgan fingerprint density at radius 1 is 1.48 bits per heavy atom. The number of benzene rings is 1. The molecule has 0 radical (unpaired) electrons. The molecule has 6 nitrogen and oxygen atoms in total. The standard InChI is InChI=1S/C16H16ClN3O3/c1-2-15(21)20-3-4-22-9-13(20)10-5-11(7-12(17)6-10)14-8-19-16(18)23-14/h2,5-8,13H,1,3-4,9H2,(H2,18,19)/t13-/m0/s1. The summed E-state index contributed by atoms with van der Waals surface area (Å²) in [5, 5.41) is 0.532. The van der Waals surface area contributed by atoms with Crippen LogP contribution in [0.4, 0.5) is 6.01 Å². The molecule has 1 aromatic heterocycles. The van der Waals surface area contributed by atoms with Crippen LogP contribution in [0, 0.1) is 0 Å². The summed E-state index contributed by atoms with van der Waals surface area (Å²) in [7, 11) is 0. The van der Waals surface area contributed by atoms with Crippen LogP contribution in [0.25, 0.3) is 11.3 Å². The van der Waals surface area contributed by atoms with Crippen molar-refractivity contribution in [1.82, 2.24) is 9.88 Å². The number of hydrogen-bond acceptors (Lipinski definition) is 5. The summed E-state index contributed by atoms with van der Waals surface area (Å²) >= 11 is 6.23. The molecule has 0 aliphatic carbocycles. The maximum absolute atomic E-state index is 12.1. The largest absolute Gasteiger partial charge is 0.424 e. The van der Waals surface area contributed by atoms with Gasteiger partial charge in [-0.1, -0.05) is 18.2 Å². The molecular formula is C16H16ClN3O3. The number of nitrogens with two attached hydrogens (primary N) is 1. The Labute approximate surface area is 138 Å². The van der Waals surface area contributed by atoms with Crippen LogP contribution in [0.15, 0.2) is 41.5 Å². The first-order valence-electron chi connectivity index (χ1n) is 7.11. The number of rotatable bonds is 3. The molecule has 7 heteroatoms. The maximum atomic E-state index is 12.1. The molecule has 0 bridgehead atoms. The number of hydrogen-bond donors (Lipinski definition) is 1. The van der Waals surface area contributed by atoms with Crippen LogP contribution >= 0.6 is 11.6 Å². The molecule has 1 atom stereocenters. The summed E-state index contributed by atoms with van der Waals surface area (Å²) in [5.74, 6) is 0.383. The average molecular weight is 334 g/mol. The summed E-state index contributed by atoms with van der Waals surface area (Å²) in [5.41, 5.74) is 7.12. The number of aromatic nitrogens is 1. The van der Waals surface area contributed by atoms with Gasteiger partial charge in [0.05, 0.1) is 25.5 Å². The van der Waals surface area contributed by atoms with E-state index in [4.69, 9.17) is 26.5 Å². The van der Waals surface area contributed by atoms with Gasteiger partial charge in [-0.2, -0.15) is 0 Å². The van der Waals surface area contributed by atoms with Crippen LogP contribution in [0.2, 0.25) is 5.02 Å². The Morgan fingerprint density at radius 3 is 3.00 bits per heavy atom. The van der Waals surface area contributed by atoms with Gasteiger partial charge in [0, 0.05) is 17.1 Å². The van der Waals surface area contributed by atoms with Crippen molar-refractivity contribution in [3.63, 3.8) is 0 Å². The van der Waals surface area contributed by atoms with Crippen molar-refractivity contribution < 1.29 is 13.9 Å². The minimum absolute atomic E-state index is 0.0889.